The van der Waals surface area contributed by atoms with Crippen molar-refractivity contribution in [1.82, 2.24) is 0 Å². The number of amides is 2. The fraction of sp³-hybridized carbons (Fsp3) is 0.333. The van der Waals surface area contributed by atoms with Crippen molar-refractivity contribution in [2.75, 3.05) is 10.6 Å². The number of benzene rings is 2. The fourth-order valence-corrected chi connectivity index (χ4v) is 3.49. The van der Waals surface area contributed by atoms with E-state index in [2.05, 4.69) is 10.6 Å². The van der Waals surface area contributed by atoms with Crippen LogP contribution in [0.15, 0.2) is 54.6 Å². The number of hydrogen-bond donors (Lipinski definition) is 3. The largest absolute Gasteiger partial charge is 0.326 e. The Labute approximate surface area is 154 Å². The third kappa shape index (κ3) is 4.29. The van der Waals surface area contributed by atoms with Crippen LogP contribution in [-0.2, 0) is 4.79 Å². The lowest BCUT2D eigenvalue weighted by Gasteiger charge is -2.37. The number of hydrogen-bond acceptors (Lipinski definition) is 3. The van der Waals surface area contributed by atoms with Crippen LogP contribution in [0.4, 0.5) is 11.4 Å². The molecule has 136 valence electrons. The molecular weight excluding hydrogens is 326 g/mol. The number of nitrogens with two attached hydrogens (primary N) is 1. The van der Waals surface area contributed by atoms with Gasteiger partial charge in [0.05, 0.1) is 5.92 Å². The van der Waals surface area contributed by atoms with Crippen LogP contribution in [0.3, 0.4) is 0 Å². The van der Waals surface area contributed by atoms with Gasteiger partial charge in [-0.25, -0.2) is 0 Å². The van der Waals surface area contributed by atoms with E-state index < -0.39 is 5.54 Å². The van der Waals surface area contributed by atoms with Crippen molar-refractivity contribution < 1.29 is 9.59 Å². The van der Waals surface area contributed by atoms with Crippen LogP contribution in [0.1, 0.15) is 43.0 Å². The van der Waals surface area contributed by atoms with Gasteiger partial charge in [0.25, 0.3) is 5.91 Å². The standard InChI is InChI=1S/C21H25N3O2/c1-21(22)13-6-5-12-18(21)20(26)24-17-11-7-10-16(14-17)23-19(25)15-8-3-2-4-9-15/h2-4,7-11,14,18H,5-6,12-13,22H2,1H3,(H,23,25)(H,24,26). The number of rotatable bonds is 4. The molecular formula is C21H25N3O2. The number of anilines is 2. The smallest absolute Gasteiger partial charge is 0.255 e. The van der Waals surface area contributed by atoms with E-state index >= 15 is 0 Å². The summed E-state index contributed by atoms with van der Waals surface area (Å²) in [7, 11) is 0. The van der Waals surface area contributed by atoms with Gasteiger partial charge in [0.2, 0.25) is 5.91 Å². The molecule has 2 amide bonds. The Bertz CT molecular complexity index is 787. The van der Waals surface area contributed by atoms with E-state index in [0.29, 0.717) is 16.9 Å². The van der Waals surface area contributed by atoms with Crippen LogP contribution in [0.5, 0.6) is 0 Å². The van der Waals surface area contributed by atoms with Crippen LogP contribution in [0.25, 0.3) is 0 Å². The third-order valence-corrected chi connectivity index (χ3v) is 4.99. The summed E-state index contributed by atoms with van der Waals surface area (Å²) in [5.41, 5.74) is 7.72. The van der Waals surface area contributed by atoms with Crippen molar-refractivity contribution in [1.29, 1.82) is 0 Å². The zero-order valence-electron chi connectivity index (χ0n) is 15.0. The molecule has 0 spiro atoms. The normalized spacial score (nSPS) is 22.5. The second kappa shape index (κ2) is 7.70. The van der Waals surface area contributed by atoms with Gasteiger partial charge in [-0.15, -0.1) is 0 Å². The first-order chi connectivity index (χ1) is 12.5. The van der Waals surface area contributed by atoms with Crippen molar-refractivity contribution in [3.8, 4) is 0 Å². The number of carbonyl (C=O) groups excluding carboxylic acids is 2. The first kappa shape index (κ1) is 18.1. The van der Waals surface area contributed by atoms with E-state index in [9.17, 15) is 9.59 Å². The summed E-state index contributed by atoms with van der Waals surface area (Å²) in [6.07, 6.45) is 3.76. The zero-order valence-corrected chi connectivity index (χ0v) is 15.0. The van der Waals surface area contributed by atoms with E-state index in [0.717, 1.165) is 25.7 Å². The molecule has 5 heteroatoms. The summed E-state index contributed by atoms with van der Waals surface area (Å²) in [5, 5.41) is 5.80. The summed E-state index contributed by atoms with van der Waals surface area (Å²) < 4.78 is 0. The SMILES string of the molecule is CC1(N)CCCCC1C(=O)Nc1cccc(NC(=O)c2ccccc2)c1. The maximum atomic E-state index is 12.7. The average Bonchev–Trinajstić information content (AvgIpc) is 2.62. The minimum atomic E-state index is -0.471. The number of carbonyl (C=O) groups is 2. The number of nitrogens with one attached hydrogen (secondary N) is 2. The molecule has 0 aromatic heterocycles. The van der Waals surface area contributed by atoms with Gasteiger partial charge in [-0.3, -0.25) is 9.59 Å². The maximum Gasteiger partial charge on any atom is 0.255 e. The van der Waals surface area contributed by atoms with Gasteiger partial charge in [0.15, 0.2) is 0 Å². The van der Waals surface area contributed by atoms with Crippen LogP contribution in [0.2, 0.25) is 0 Å². The molecule has 2 aromatic carbocycles. The van der Waals surface area contributed by atoms with Crippen LogP contribution in [-0.4, -0.2) is 17.4 Å². The second-order valence-electron chi connectivity index (χ2n) is 7.19. The maximum absolute atomic E-state index is 12.7. The minimum Gasteiger partial charge on any atom is -0.326 e. The molecule has 0 aliphatic heterocycles. The van der Waals surface area contributed by atoms with E-state index in [1.807, 2.05) is 31.2 Å². The van der Waals surface area contributed by atoms with E-state index in [4.69, 9.17) is 5.73 Å². The highest BCUT2D eigenvalue weighted by Gasteiger charge is 2.37. The zero-order chi connectivity index (χ0) is 18.6. The highest BCUT2D eigenvalue weighted by Crippen LogP contribution is 2.32. The van der Waals surface area contributed by atoms with Gasteiger partial charge in [-0.2, -0.15) is 0 Å². The summed E-state index contributed by atoms with van der Waals surface area (Å²) in [5.74, 6) is -0.434. The molecule has 2 atom stereocenters. The lowest BCUT2D eigenvalue weighted by Crippen LogP contribution is -2.51. The van der Waals surface area contributed by atoms with Crippen LogP contribution < -0.4 is 16.4 Å². The highest BCUT2D eigenvalue weighted by molar-refractivity contribution is 6.04. The van der Waals surface area contributed by atoms with Gasteiger partial charge in [0, 0.05) is 22.5 Å². The van der Waals surface area contributed by atoms with Crippen molar-refractivity contribution in [2.45, 2.75) is 38.1 Å². The molecule has 1 aliphatic rings. The predicted molar refractivity (Wildman–Crippen MR) is 104 cm³/mol. The Balaban J connectivity index is 1.67. The van der Waals surface area contributed by atoms with E-state index in [1.165, 1.54) is 0 Å². The van der Waals surface area contributed by atoms with Crippen LogP contribution in [0, 0.1) is 5.92 Å². The molecule has 0 bridgehead atoms. The summed E-state index contributed by atoms with van der Waals surface area (Å²) in [6.45, 7) is 1.95. The van der Waals surface area contributed by atoms with Crippen molar-refractivity contribution in [3.05, 3.63) is 60.2 Å². The molecule has 3 rings (SSSR count). The average molecular weight is 351 g/mol. The molecule has 4 N–H and O–H groups in total. The molecule has 26 heavy (non-hydrogen) atoms. The summed E-state index contributed by atoms with van der Waals surface area (Å²) in [6, 6.07) is 16.2. The molecule has 1 aliphatic carbocycles. The molecule has 0 heterocycles. The minimum absolute atomic E-state index is 0.0544. The van der Waals surface area contributed by atoms with Gasteiger partial charge >= 0.3 is 0 Å². The van der Waals surface area contributed by atoms with Gasteiger partial charge in [-0.1, -0.05) is 37.1 Å². The van der Waals surface area contributed by atoms with Gasteiger partial charge in [0.1, 0.15) is 0 Å². The Morgan fingerprint density at radius 1 is 1.00 bits per heavy atom. The van der Waals surface area contributed by atoms with Crippen molar-refractivity contribution in [2.24, 2.45) is 11.7 Å². The van der Waals surface area contributed by atoms with Gasteiger partial charge in [-0.05, 0) is 50.1 Å². The lowest BCUT2D eigenvalue weighted by atomic mass is 9.74. The second-order valence-corrected chi connectivity index (χ2v) is 7.19. The molecule has 0 saturated heterocycles. The third-order valence-electron chi connectivity index (χ3n) is 4.99. The quantitative estimate of drug-likeness (QED) is 0.783. The topological polar surface area (TPSA) is 84.2 Å². The van der Waals surface area contributed by atoms with Crippen molar-refractivity contribution >= 4 is 23.2 Å². The first-order valence-electron chi connectivity index (χ1n) is 9.02. The van der Waals surface area contributed by atoms with E-state index in [-0.39, 0.29) is 17.7 Å². The van der Waals surface area contributed by atoms with Gasteiger partial charge < -0.3 is 16.4 Å². The Kier molecular flexibility index (Phi) is 5.38. The monoisotopic (exact) mass is 351 g/mol. The molecule has 2 unspecified atom stereocenters. The fourth-order valence-electron chi connectivity index (χ4n) is 3.49. The molecule has 2 aromatic rings. The van der Waals surface area contributed by atoms with Crippen LogP contribution >= 0.6 is 0 Å². The first-order valence-corrected chi connectivity index (χ1v) is 9.02. The summed E-state index contributed by atoms with van der Waals surface area (Å²) >= 11 is 0. The van der Waals surface area contributed by atoms with Crippen molar-refractivity contribution in [3.63, 3.8) is 0 Å². The summed E-state index contributed by atoms with van der Waals surface area (Å²) in [4.78, 5) is 24.9. The van der Waals surface area contributed by atoms with E-state index in [1.54, 1.807) is 30.3 Å². The molecule has 1 fully saturated rings. The molecule has 1 saturated carbocycles. The molecule has 5 nitrogen and oxygen atoms in total. The Morgan fingerprint density at radius 3 is 2.38 bits per heavy atom. The Hall–Kier alpha value is -2.66. The lowest BCUT2D eigenvalue weighted by molar-refractivity contribution is -0.122. The molecule has 0 radical (unpaired) electrons. The predicted octanol–water partition coefficient (Wildman–Crippen LogP) is 3.79. The highest BCUT2D eigenvalue weighted by atomic mass is 16.2. The Morgan fingerprint density at radius 2 is 1.69 bits per heavy atom.